The third-order valence-electron chi connectivity index (χ3n) is 2.91. The number of rotatable bonds is 1. The minimum absolute atomic E-state index is 0. The van der Waals surface area contributed by atoms with Crippen molar-refractivity contribution in [2.75, 3.05) is 13.1 Å². The van der Waals surface area contributed by atoms with E-state index in [4.69, 9.17) is 5.73 Å². The van der Waals surface area contributed by atoms with Crippen LogP contribution >= 0.6 is 12.4 Å². The van der Waals surface area contributed by atoms with Crippen molar-refractivity contribution in [3.63, 3.8) is 0 Å². The van der Waals surface area contributed by atoms with Crippen LogP contribution in [0.3, 0.4) is 0 Å². The molecule has 18 heavy (non-hydrogen) atoms. The average molecular weight is 277 g/mol. The van der Waals surface area contributed by atoms with Crippen LogP contribution in [-0.4, -0.2) is 29.9 Å². The summed E-state index contributed by atoms with van der Waals surface area (Å²) < 4.78 is 25.8. The summed E-state index contributed by atoms with van der Waals surface area (Å²) in [5.74, 6) is -2.24. The molecule has 0 saturated carbocycles. The van der Waals surface area contributed by atoms with E-state index in [-0.39, 0.29) is 29.9 Å². The van der Waals surface area contributed by atoms with E-state index in [0.29, 0.717) is 13.1 Å². The molecule has 6 heteroatoms. The van der Waals surface area contributed by atoms with Gasteiger partial charge >= 0.3 is 0 Å². The predicted molar refractivity (Wildman–Crippen MR) is 66.7 cm³/mol. The number of likely N-dealkylation sites (tertiary alicyclic amines) is 1. The van der Waals surface area contributed by atoms with Crippen molar-refractivity contribution in [3.05, 3.63) is 35.4 Å². The van der Waals surface area contributed by atoms with Crippen molar-refractivity contribution in [2.45, 2.75) is 18.9 Å². The number of hydrogen-bond donors (Lipinski definition) is 1. The number of nitrogens with two attached hydrogens (primary N) is 1. The topological polar surface area (TPSA) is 46.3 Å². The van der Waals surface area contributed by atoms with E-state index in [0.717, 1.165) is 25.0 Å². The number of hydrogen-bond acceptors (Lipinski definition) is 2. The average Bonchev–Trinajstić information content (AvgIpc) is 2.32. The van der Waals surface area contributed by atoms with Crippen molar-refractivity contribution in [1.82, 2.24) is 4.90 Å². The Morgan fingerprint density at radius 3 is 2.67 bits per heavy atom. The van der Waals surface area contributed by atoms with Gasteiger partial charge in [0.2, 0.25) is 0 Å². The Balaban J connectivity index is 0.00000162. The summed E-state index contributed by atoms with van der Waals surface area (Å²) in [5, 5.41) is 0. The number of carbonyl (C=O) groups is 1. The smallest absolute Gasteiger partial charge is 0.254 e. The molecule has 0 aliphatic carbocycles. The Hall–Kier alpha value is -1.20. The first-order valence-electron chi connectivity index (χ1n) is 5.58. The Kier molecular flexibility index (Phi) is 5.04. The van der Waals surface area contributed by atoms with Gasteiger partial charge in [0.25, 0.3) is 5.91 Å². The van der Waals surface area contributed by atoms with E-state index >= 15 is 0 Å². The quantitative estimate of drug-likeness (QED) is 0.852. The van der Waals surface area contributed by atoms with Gasteiger partial charge in [0, 0.05) is 24.7 Å². The summed E-state index contributed by atoms with van der Waals surface area (Å²) in [5.41, 5.74) is 5.93. The van der Waals surface area contributed by atoms with Crippen LogP contribution in [0.4, 0.5) is 8.78 Å². The van der Waals surface area contributed by atoms with Crippen molar-refractivity contribution < 1.29 is 13.6 Å². The van der Waals surface area contributed by atoms with Crippen LogP contribution in [0.25, 0.3) is 0 Å². The minimum atomic E-state index is -1.00. The summed E-state index contributed by atoms with van der Waals surface area (Å²) in [6.45, 7) is 1.09. The van der Waals surface area contributed by atoms with Gasteiger partial charge < -0.3 is 10.6 Å². The number of piperidine rings is 1. The van der Waals surface area contributed by atoms with Crippen LogP contribution in [0.1, 0.15) is 23.2 Å². The molecule has 1 aliphatic rings. The van der Waals surface area contributed by atoms with Gasteiger partial charge in [-0.25, -0.2) is 8.78 Å². The molecule has 1 atom stereocenters. The first-order valence-corrected chi connectivity index (χ1v) is 5.58. The van der Waals surface area contributed by atoms with Crippen LogP contribution < -0.4 is 5.73 Å². The van der Waals surface area contributed by atoms with E-state index in [9.17, 15) is 13.6 Å². The molecule has 100 valence electrons. The Morgan fingerprint density at radius 1 is 1.33 bits per heavy atom. The second kappa shape index (κ2) is 6.11. The molecule has 3 nitrogen and oxygen atoms in total. The fraction of sp³-hybridized carbons (Fsp3) is 0.417. The first-order chi connectivity index (χ1) is 8.08. The fourth-order valence-electron chi connectivity index (χ4n) is 2.01. The lowest BCUT2D eigenvalue weighted by Crippen LogP contribution is -2.45. The Morgan fingerprint density at radius 2 is 2.06 bits per heavy atom. The highest BCUT2D eigenvalue weighted by atomic mass is 35.5. The van der Waals surface area contributed by atoms with Gasteiger partial charge in [-0.2, -0.15) is 0 Å². The zero-order valence-electron chi connectivity index (χ0n) is 9.73. The monoisotopic (exact) mass is 276 g/mol. The maximum atomic E-state index is 13.0. The molecule has 1 unspecified atom stereocenters. The first kappa shape index (κ1) is 14.9. The van der Waals surface area contributed by atoms with Crippen LogP contribution in [0.2, 0.25) is 0 Å². The highest BCUT2D eigenvalue weighted by molar-refractivity contribution is 5.94. The summed E-state index contributed by atoms with van der Waals surface area (Å²) in [6.07, 6.45) is 1.73. The summed E-state index contributed by atoms with van der Waals surface area (Å²) in [6, 6.07) is 3.16. The molecular formula is C12H15ClF2N2O. The fourth-order valence-corrected chi connectivity index (χ4v) is 2.01. The van der Waals surface area contributed by atoms with Crippen molar-refractivity contribution >= 4 is 18.3 Å². The molecule has 0 bridgehead atoms. The highest BCUT2D eigenvalue weighted by Crippen LogP contribution is 2.15. The molecule has 1 aromatic carbocycles. The van der Waals surface area contributed by atoms with Gasteiger partial charge in [-0.3, -0.25) is 4.79 Å². The second-order valence-corrected chi connectivity index (χ2v) is 4.28. The van der Waals surface area contributed by atoms with E-state index in [1.807, 2.05) is 0 Å². The Bertz CT molecular complexity index is 442. The van der Waals surface area contributed by atoms with Gasteiger partial charge in [0.1, 0.15) is 0 Å². The van der Waals surface area contributed by atoms with Gasteiger partial charge in [-0.05, 0) is 31.0 Å². The van der Waals surface area contributed by atoms with Crippen LogP contribution in [0.15, 0.2) is 18.2 Å². The normalized spacial score (nSPS) is 19.3. The Labute approximate surface area is 110 Å². The van der Waals surface area contributed by atoms with E-state index in [1.165, 1.54) is 6.07 Å². The SMILES string of the molecule is Cl.NC1CCCN(C(=O)c2ccc(F)c(F)c2)C1. The highest BCUT2D eigenvalue weighted by Gasteiger charge is 2.22. The summed E-state index contributed by atoms with van der Waals surface area (Å²) >= 11 is 0. The molecule has 1 fully saturated rings. The van der Waals surface area contributed by atoms with Crippen molar-refractivity contribution in [3.8, 4) is 0 Å². The minimum Gasteiger partial charge on any atom is -0.337 e. The summed E-state index contributed by atoms with van der Waals surface area (Å²) in [7, 11) is 0. The molecule has 1 heterocycles. The van der Waals surface area contributed by atoms with Gasteiger partial charge in [-0.15, -0.1) is 12.4 Å². The summed E-state index contributed by atoms with van der Waals surface area (Å²) in [4.78, 5) is 13.6. The number of carbonyl (C=O) groups excluding carboxylic acids is 1. The maximum Gasteiger partial charge on any atom is 0.254 e. The zero-order valence-corrected chi connectivity index (χ0v) is 10.6. The lowest BCUT2D eigenvalue weighted by atomic mass is 10.1. The van der Waals surface area contributed by atoms with E-state index < -0.39 is 11.6 Å². The van der Waals surface area contributed by atoms with E-state index in [2.05, 4.69) is 0 Å². The zero-order chi connectivity index (χ0) is 12.4. The van der Waals surface area contributed by atoms with E-state index in [1.54, 1.807) is 4.90 Å². The van der Waals surface area contributed by atoms with Crippen molar-refractivity contribution in [1.29, 1.82) is 0 Å². The molecule has 1 amide bonds. The standard InChI is InChI=1S/C12H14F2N2O.ClH/c13-10-4-3-8(6-11(10)14)12(17)16-5-1-2-9(15)7-16;/h3-4,6,9H,1-2,5,7,15H2;1H. The molecule has 0 spiro atoms. The van der Waals surface area contributed by atoms with Crippen LogP contribution in [-0.2, 0) is 0 Å². The predicted octanol–water partition coefficient (Wildman–Crippen LogP) is 1.95. The van der Waals surface area contributed by atoms with Crippen LogP contribution in [0.5, 0.6) is 0 Å². The lowest BCUT2D eigenvalue weighted by molar-refractivity contribution is 0.0708. The molecule has 1 aromatic rings. The largest absolute Gasteiger partial charge is 0.337 e. The number of nitrogens with zero attached hydrogens (tertiary/aromatic N) is 1. The van der Waals surface area contributed by atoms with Gasteiger partial charge in [-0.1, -0.05) is 0 Å². The second-order valence-electron chi connectivity index (χ2n) is 4.28. The molecular weight excluding hydrogens is 262 g/mol. The molecule has 0 radical (unpaired) electrons. The maximum absolute atomic E-state index is 13.0. The van der Waals surface area contributed by atoms with Gasteiger partial charge in [0.05, 0.1) is 0 Å². The number of benzene rings is 1. The van der Waals surface area contributed by atoms with Crippen molar-refractivity contribution in [2.24, 2.45) is 5.73 Å². The number of amides is 1. The molecule has 1 aliphatic heterocycles. The van der Waals surface area contributed by atoms with Gasteiger partial charge in [0.15, 0.2) is 11.6 Å². The molecule has 2 N–H and O–H groups in total. The molecule has 0 aromatic heterocycles. The number of halogens is 3. The third-order valence-corrected chi connectivity index (χ3v) is 2.91. The molecule has 2 rings (SSSR count). The third kappa shape index (κ3) is 3.17. The molecule has 1 saturated heterocycles. The lowest BCUT2D eigenvalue weighted by Gasteiger charge is -2.30. The van der Waals surface area contributed by atoms with Crippen LogP contribution in [0, 0.1) is 11.6 Å².